The first-order valence-corrected chi connectivity index (χ1v) is 7.42. The molecular formula is C13H10Br2N4O. The summed E-state index contributed by atoms with van der Waals surface area (Å²) in [6.07, 6.45) is 1.69. The Morgan fingerprint density at radius 3 is 2.70 bits per heavy atom. The minimum absolute atomic E-state index is 0.197. The minimum Gasteiger partial charge on any atom is -0.360 e. The third-order valence-corrected chi connectivity index (χ3v) is 4.76. The molecule has 1 aromatic carbocycles. The van der Waals surface area contributed by atoms with Gasteiger partial charge in [0.15, 0.2) is 5.82 Å². The zero-order valence-corrected chi connectivity index (χ0v) is 13.6. The van der Waals surface area contributed by atoms with Crippen LogP contribution in [0, 0.1) is 6.92 Å². The molecule has 2 aromatic heterocycles. The van der Waals surface area contributed by atoms with Crippen LogP contribution in [0.4, 0.5) is 5.82 Å². The number of carbonyl (C=O) groups excluding carboxylic acids is 1. The molecule has 0 radical (unpaired) electrons. The van der Waals surface area contributed by atoms with Crippen LogP contribution in [0.3, 0.4) is 0 Å². The molecule has 0 fully saturated rings. The maximum atomic E-state index is 12.3. The third-order valence-electron chi connectivity index (χ3n) is 2.91. The number of aryl methyl sites for hydroxylation is 1. The van der Waals surface area contributed by atoms with Crippen molar-refractivity contribution in [3.8, 4) is 0 Å². The molecule has 3 aromatic rings. The van der Waals surface area contributed by atoms with Gasteiger partial charge in [0.2, 0.25) is 0 Å². The van der Waals surface area contributed by atoms with E-state index in [0.29, 0.717) is 11.4 Å². The molecule has 7 heteroatoms. The Hall–Kier alpha value is -1.60. The van der Waals surface area contributed by atoms with Crippen LogP contribution in [0.25, 0.3) is 10.9 Å². The second-order valence-corrected chi connectivity index (χ2v) is 6.11. The Labute approximate surface area is 131 Å². The summed E-state index contributed by atoms with van der Waals surface area (Å²) in [5.74, 6) is 0.315. The van der Waals surface area contributed by atoms with Crippen LogP contribution in [0.5, 0.6) is 0 Å². The predicted octanol–water partition coefficient (Wildman–Crippen LogP) is 3.98. The number of hydrogen-bond donors (Lipinski definition) is 3. The van der Waals surface area contributed by atoms with Crippen molar-refractivity contribution < 1.29 is 4.79 Å². The summed E-state index contributed by atoms with van der Waals surface area (Å²) in [5.41, 5.74) is 2.36. The molecule has 3 rings (SSSR count). The van der Waals surface area contributed by atoms with Gasteiger partial charge >= 0.3 is 0 Å². The predicted molar refractivity (Wildman–Crippen MR) is 85.0 cm³/mol. The first kappa shape index (κ1) is 13.4. The number of rotatable bonds is 2. The normalized spacial score (nSPS) is 10.9. The van der Waals surface area contributed by atoms with E-state index < -0.39 is 0 Å². The van der Waals surface area contributed by atoms with Crippen LogP contribution >= 0.6 is 31.9 Å². The van der Waals surface area contributed by atoms with E-state index in [9.17, 15) is 4.79 Å². The van der Waals surface area contributed by atoms with E-state index >= 15 is 0 Å². The Morgan fingerprint density at radius 2 is 2.00 bits per heavy atom. The Morgan fingerprint density at radius 1 is 1.25 bits per heavy atom. The number of amides is 1. The maximum absolute atomic E-state index is 12.3. The smallest absolute Gasteiger partial charge is 0.259 e. The van der Waals surface area contributed by atoms with E-state index in [4.69, 9.17) is 0 Å². The van der Waals surface area contributed by atoms with Gasteiger partial charge in [-0.3, -0.25) is 9.89 Å². The van der Waals surface area contributed by atoms with Crippen molar-refractivity contribution in [2.75, 3.05) is 5.32 Å². The number of benzene rings is 1. The summed E-state index contributed by atoms with van der Waals surface area (Å²) >= 11 is 6.88. The van der Waals surface area contributed by atoms with E-state index in [1.165, 1.54) is 0 Å². The number of hydrogen-bond acceptors (Lipinski definition) is 2. The van der Waals surface area contributed by atoms with Gasteiger partial charge in [-0.2, -0.15) is 5.10 Å². The second kappa shape index (κ2) is 5.06. The van der Waals surface area contributed by atoms with E-state index in [1.807, 2.05) is 19.1 Å². The van der Waals surface area contributed by atoms with Gasteiger partial charge in [0.05, 0.1) is 5.56 Å². The van der Waals surface area contributed by atoms with Crippen molar-refractivity contribution in [3.05, 3.63) is 44.6 Å². The summed E-state index contributed by atoms with van der Waals surface area (Å²) in [7, 11) is 0. The average molecular weight is 398 g/mol. The number of anilines is 1. The summed E-state index contributed by atoms with van der Waals surface area (Å²) in [6, 6.07) is 5.61. The van der Waals surface area contributed by atoms with Crippen LogP contribution in [0.2, 0.25) is 0 Å². The molecule has 0 bridgehead atoms. The van der Waals surface area contributed by atoms with E-state index in [0.717, 1.165) is 25.5 Å². The molecule has 3 N–H and O–H groups in total. The summed E-state index contributed by atoms with van der Waals surface area (Å²) in [5, 5.41) is 10.4. The number of halogens is 2. The third kappa shape index (κ3) is 2.38. The van der Waals surface area contributed by atoms with Gasteiger partial charge < -0.3 is 10.3 Å². The van der Waals surface area contributed by atoms with Crippen LogP contribution in [-0.4, -0.2) is 21.1 Å². The fourth-order valence-corrected chi connectivity index (χ4v) is 2.66. The molecule has 0 aliphatic rings. The van der Waals surface area contributed by atoms with E-state index in [-0.39, 0.29) is 5.91 Å². The van der Waals surface area contributed by atoms with Gasteiger partial charge in [-0.1, -0.05) is 0 Å². The van der Waals surface area contributed by atoms with Crippen molar-refractivity contribution >= 4 is 54.5 Å². The largest absolute Gasteiger partial charge is 0.360 e. The lowest BCUT2D eigenvalue weighted by atomic mass is 10.1. The standard InChI is InChI=1S/C13H10Br2N4O/c1-6-2-12(19-18-6)17-13(20)8-5-16-11-4-10(15)9(14)3-7(8)11/h2-5,16H,1H3,(H2,17,18,19,20). The molecule has 0 saturated carbocycles. The molecule has 0 aliphatic carbocycles. The van der Waals surface area contributed by atoms with Gasteiger partial charge in [0, 0.05) is 37.8 Å². The van der Waals surface area contributed by atoms with Crippen LogP contribution < -0.4 is 5.32 Å². The van der Waals surface area contributed by atoms with Crippen molar-refractivity contribution in [1.82, 2.24) is 15.2 Å². The molecule has 2 heterocycles. The number of H-pyrrole nitrogens is 2. The highest BCUT2D eigenvalue weighted by Gasteiger charge is 2.14. The molecular weight excluding hydrogens is 388 g/mol. The molecule has 0 atom stereocenters. The quantitative estimate of drug-likeness (QED) is 0.611. The van der Waals surface area contributed by atoms with Gasteiger partial charge in [-0.15, -0.1) is 0 Å². The van der Waals surface area contributed by atoms with E-state index in [2.05, 4.69) is 52.4 Å². The number of aromatic nitrogens is 3. The molecule has 0 unspecified atom stereocenters. The fourth-order valence-electron chi connectivity index (χ4n) is 1.97. The summed E-state index contributed by atoms with van der Waals surface area (Å²) in [6.45, 7) is 1.88. The molecule has 1 amide bonds. The number of fused-ring (bicyclic) bond motifs is 1. The van der Waals surface area contributed by atoms with Crippen molar-refractivity contribution in [2.24, 2.45) is 0 Å². The van der Waals surface area contributed by atoms with Crippen LogP contribution in [0.1, 0.15) is 16.1 Å². The van der Waals surface area contributed by atoms with Gasteiger partial charge in [0.1, 0.15) is 0 Å². The number of aromatic amines is 2. The Kier molecular flexibility index (Phi) is 3.39. The average Bonchev–Trinajstić information content (AvgIpc) is 2.97. The molecule has 20 heavy (non-hydrogen) atoms. The topological polar surface area (TPSA) is 73.6 Å². The highest BCUT2D eigenvalue weighted by atomic mass is 79.9. The summed E-state index contributed by atoms with van der Waals surface area (Å²) < 4.78 is 1.83. The SMILES string of the molecule is Cc1cc(NC(=O)c2c[nH]c3cc(Br)c(Br)cc23)n[nH]1. The first-order valence-electron chi connectivity index (χ1n) is 5.84. The number of nitrogens with zero attached hydrogens (tertiary/aromatic N) is 1. The zero-order valence-electron chi connectivity index (χ0n) is 10.4. The highest BCUT2D eigenvalue weighted by Crippen LogP contribution is 2.30. The van der Waals surface area contributed by atoms with Gasteiger partial charge in [0.25, 0.3) is 5.91 Å². The molecule has 0 saturated heterocycles. The molecule has 5 nitrogen and oxygen atoms in total. The lowest BCUT2D eigenvalue weighted by Gasteiger charge is -2.01. The maximum Gasteiger partial charge on any atom is 0.259 e. The molecule has 102 valence electrons. The second-order valence-electron chi connectivity index (χ2n) is 4.40. The highest BCUT2D eigenvalue weighted by molar-refractivity contribution is 9.13. The minimum atomic E-state index is -0.197. The zero-order chi connectivity index (χ0) is 14.3. The number of nitrogens with one attached hydrogen (secondary N) is 3. The Balaban J connectivity index is 1.97. The first-order chi connectivity index (χ1) is 9.54. The Bertz CT molecular complexity index is 806. The van der Waals surface area contributed by atoms with Crippen molar-refractivity contribution in [2.45, 2.75) is 6.92 Å². The van der Waals surface area contributed by atoms with Crippen LogP contribution in [0.15, 0.2) is 33.3 Å². The lowest BCUT2D eigenvalue weighted by molar-refractivity contribution is 0.102. The van der Waals surface area contributed by atoms with Gasteiger partial charge in [-0.25, -0.2) is 0 Å². The lowest BCUT2D eigenvalue weighted by Crippen LogP contribution is -2.11. The summed E-state index contributed by atoms with van der Waals surface area (Å²) in [4.78, 5) is 15.4. The van der Waals surface area contributed by atoms with Gasteiger partial charge in [-0.05, 0) is 50.9 Å². The monoisotopic (exact) mass is 396 g/mol. The number of carbonyl (C=O) groups is 1. The molecule has 0 spiro atoms. The van der Waals surface area contributed by atoms with E-state index in [1.54, 1.807) is 12.3 Å². The van der Waals surface area contributed by atoms with Crippen molar-refractivity contribution in [1.29, 1.82) is 0 Å². The van der Waals surface area contributed by atoms with Crippen molar-refractivity contribution in [3.63, 3.8) is 0 Å². The molecule has 0 aliphatic heterocycles. The van der Waals surface area contributed by atoms with Crippen LogP contribution in [-0.2, 0) is 0 Å². The fraction of sp³-hybridized carbons (Fsp3) is 0.0769.